The predicted molar refractivity (Wildman–Crippen MR) is 147 cm³/mol. The third kappa shape index (κ3) is 4.12. The summed E-state index contributed by atoms with van der Waals surface area (Å²) >= 11 is 0. The molecule has 176 valence electrons. The van der Waals surface area contributed by atoms with Crippen LogP contribution >= 0.6 is 0 Å². The van der Waals surface area contributed by atoms with Gasteiger partial charge in [-0.15, -0.1) is 0 Å². The van der Waals surface area contributed by atoms with Gasteiger partial charge in [0.25, 0.3) is 0 Å². The molecule has 2 aromatic heterocycles. The minimum absolute atomic E-state index is 0.0421. The van der Waals surface area contributed by atoms with Crippen molar-refractivity contribution in [1.82, 2.24) is 14.5 Å². The van der Waals surface area contributed by atoms with E-state index in [-0.39, 0.29) is 10.8 Å². The molecule has 0 aliphatic carbocycles. The molecule has 0 fully saturated rings. The lowest BCUT2D eigenvalue weighted by molar-refractivity contribution is 0.220. The molecule has 1 N–H and O–H groups in total. The first kappa shape index (κ1) is 22.9. The molecular formula is C32H33N3. The number of nitrogens with one attached hydrogen (secondary N) is 1. The van der Waals surface area contributed by atoms with Crippen molar-refractivity contribution in [2.45, 2.75) is 40.0 Å². The van der Waals surface area contributed by atoms with Crippen molar-refractivity contribution in [3.05, 3.63) is 109 Å². The maximum Gasteiger partial charge on any atom is 0.161 e. The molecule has 0 bridgehead atoms. The van der Waals surface area contributed by atoms with Crippen LogP contribution in [0.1, 0.15) is 40.3 Å². The highest BCUT2D eigenvalue weighted by molar-refractivity contribution is 5.86. The Balaban J connectivity index is 1.86. The van der Waals surface area contributed by atoms with Crippen LogP contribution in [0, 0.1) is 5.41 Å². The number of rotatable bonds is 5. The zero-order valence-corrected chi connectivity index (χ0v) is 21.2. The largest absolute Gasteiger partial charge is 0.359 e. The second-order valence-corrected chi connectivity index (χ2v) is 10.7. The molecule has 0 saturated carbocycles. The molecule has 3 heteroatoms. The van der Waals surface area contributed by atoms with Crippen LogP contribution in [0.25, 0.3) is 39.5 Å². The highest BCUT2D eigenvalue weighted by atomic mass is 15.1. The van der Waals surface area contributed by atoms with E-state index in [9.17, 15) is 0 Å². The minimum atomic E-state index is -0.131. The molecule has 3 nitrogen and oxygen atoms in total. The minimum Gasteiger partial charge on any atom is -0.359 e. The van der Waals surface area contributed by atoms with E-state index in [0.717, 1.165) is 22.9 Å². The molecule has 35 heavy (non-hydrogen) atoms. The molecule has 5 aromatic rings. The zero-order valence-electron chi connectivity index (χ0n) is 21.2. The van der Waals surface area contributed by atoms with Crippen molar-refractivity contribution in [3.63, 3.8) is 0 Å². The topological polar surface area (TPSA) is 33.6 Å². The molecule has 0 atom stereocenters. The summed E-state index contributed by atoms with van der Waals surface area (Å²) in [6, 6.07) is 32.0. The standard InChI is InChI=1S/C32H33N3/c1-31(2,3)32(4,5)28-22-35(30(34-28)27-20-13-21-33-27)29-25(23-14-8-6-9-15-23)18-12-19-26(29)24-16-10-7-11-17-24/h6-22,33H,1-5H3. The first-order chi connectivity index (χ1) is 16.8. The Labute approximate surface area is 208 Å². The van der Waals surface area contributed by atoms with Gasteiger partial charge in [-0.1, -0.05) is 113 Å². The Bertz CT molecular complexity index is 1360. The summed E-state index contributed by atoms with van der Waals surface area (Å²) in [5, 5.41) is 0. The molecule has 0 aliphatic rings. The molecule has 0 amide bonds. The quantitative estimate of drug-likeness (QED) is 0.281. The maximum absolute atomic E-state index is 5.27. The third-order valence-corrected chi connectivity index (χ3v) is 7.51. The number of para-hydroxylation sites is 1. The van der Waals surface area contributed by atoms with Gasteiger partial charge in [0.05, 0.1) is 17.1 Å². The number of H-pyrrole nitrogens is 1. The van der Waals surface area contributed by atoms with Crippen LogP contribution in [0.5, 0.6) is 0 Å². The molecule has 3 aromatic carbocycles. The molecule has 0 radical (unpaired) electrons. The Morgan fingerprint density at radius 3 is 1.71 bits per heavy atom. The van der Waals surface area contributed by atoms with E-state index in [1.807, 2.05) is 12.3 Å². The van der Waals surface area contributed by atoms with Gasteiger partial charge in [0.1, 0.15) is 0 Å². The fraction of sp³-hybridized carbons (Fsp3) is 0.219. The lowest BCUT2D eigenvalue weighted by Crippen LogP contribution is -2.34. The Morgan fingerprint density at radius 1 is 0.657 bits per heavy atom. The van der Waals surface area contributed by atoms with Gasteiger partial charge in [0, 0.05) is 28.9 Å². The Hall–Kier alpha value is -3.85. The zero-order chi connectivity index (χ0) is 24.6. The van der Waals surface area contributed by atoms with Crippen molar-refractivity contribution < 1.29 is 0 Å². The van der Waals surface area contributed by atoms with Gasteiger partial charge in [-0.25, -0.2) is 4.98 Å². The fourth-order valence-electron chi connectivity index (χ4n) is 4.40. The van der Waals surface area contributed by atoms with Crippen LogP contribution in [0.4, 0.5) is 0 Å². The summed E-state index contributed by atoms with van der Waals surface area (Å²) in [7, 11) is 0. The average Bonchev–Trinajstić information content (AvgIpc) is 3.54. The van der Waals surface area contributed by atoms with Crippen LogP contribution in [-0.4, -0.2) is 14.5 Å². The van der Waals surface area contributed by atoms with Gasteiger partial charge >= 0.3 is 0 Å². The first-order valence-corrected chi connectivity index (χ1v) is 12.3. The summed E-state index contributed by atoms with van der Waals surface area (Å²) in [5.74, 6) is 0.919. The van der Waals surface area contributed by atoms with Crippen LogP contribution < -0.4 is 0 Å². The summed E-state index contributed by atoms with van der Waals surface area (Å²) < 4.78 is 2.29. The van der Waals surface area contributed by atoms with E-state index in [4.69, 9.17) is 4.98 Å². The van der Waals surface area contributed by atoms with Crippen LogP contribution in [0.2, 0.25) is 0 Å². The summed E-state index contributed by atoms with van der Waals surface area (Å²) in [6.07, 6.45) is 4.21. The van der Waals surface area contributed by atoms with Crippen molar-refractivity contribution in [3.8, 4) is 39.5 Å². The van der Waals surface area contributed by atoms with E-state index in [1.54, 1.807) is 0 Å². The lowest BCUT2D eigenvalue weighted by Gasteiger charge is -2.37. The van der Waals surface area contributed by atoms with Crippen molar-refractivity contribution in [2.24, 2.45) is 5.41 Å². The fourth-order valence-corrected chi connectivity index (χ4v) is 4.40. The number of hydrogen-bond donors (Lipinski definition) is 1. The van der Waals surface area contributed by atoms with Crippen LogP contribution in [0.3, 0.4) is 0 Å². The lowest BCUT2D eigenvalue weighted by atomic mass is 9.67. The number of hydrogen-bond acceptors (Lipinski definition) is 1. The highest BCUT2D eigenvalue weighted by Crippen LogP contribution is 2.43. The average molecular weight is 460 g/mol. The Kier molecular flexibility index (Phi) is 5.72. The molecule has 0 spiro atoms. The number of imidazole rings is 1. The highest BCUT2D eigenvalue weighted by Gasteiger charge is 2.37. The van der Waals surface area contributed by atoms with Crippen LogP contribution in [-0.2, 0) is 5.41 Å². The first-order valence-electron chi connectivity index (χ1n) is 12.3. The second kappa shape index (κ2) is 8.74. The van der Waals surface area contributed by atoms with E-state index >= 15 is 0 Å². The van der Waals surface area contributed by atoms with Gasteiger partial charge in [0.2, 0.25) is 0 Å². The van der Waals surface area contributed by atoms with E-state index in [2.05, 4.69) is 135 Å². The molecule has 0 aliphatic heterocycles. The molecule has 0 unspecified atom stereocenters. The van der Waals surface area contributed by atoms with E-state index in [0.29, 0.717) is 0 Å². The van der Waals surface area contributed by atoms with Gasteiger partial charge in [-0.2, -0.15) is 0 Å². The third-order valence-electron chi connectivity index (χ3n) is 7.51. The molecule has 0 saturated heterocycles. The molecule has 5 rings (SSSR count). The van der Waals surface area contributed by atoms with Gasteiger partial charge in [-0.05, 0) is 28.7 Å². The molecule has 2 heterocycles. The summed E-state index contributed by atoms with van der Waals surface area (Å²) in [6.45, 7) is 11.4. The van der Waals surface area contributed by atoms with E-state index < -0.39 is 0 Å². The Morgan fingerprint density at radius 2 is 1.23 bits per heavy atom. The second-order valence-electron chi connectivity index (χ2n) is 10.7. The summed E-state index contributed by atoms with van der Waals surface area (Å²) in [5.41, 5.74) is 7.85. The normalized spacial score (nSPS) is 12.1. The maximum atomic E-state index is 5.27. The smallest absolute Gasteiger partial charge is 0.161 e. The van der Waals surface area contributed by atoms with Crippen LogP contribution in [0.15, 0.2) is 103 Å². The van der Waals surface area contributed by atoms with Crippen molar-refractivity contribution >= 4 is 0 Å². The predicted octanol–water partition coefficient (Wildman–Crippen LogP) is 8.53. The van der Waals surface area contributed by atoms with E-state index in [1.165, 1.54) is 22.3 Å². The number of benzene rings is 3. The van der Waals surface area contributed by atoms with Crippen molar-refractivity contribution in [2.75, 3.05) is 0 Å². The van der Waals surface area contributed by atoms with Crippen molar-refractivity contribution in [1.29, 1.82) is 0 Å². The number of nitrogens with zero attached hydrogens (tertiary/aromatic N) is 2. The number of aromatic nitrogens is 3. The SMILES string of the molecule is CC(C)(C)C(C)(C)c1cn(-c2c(-c3ccccc3)cccc2-c2ccccc2)c(-c2ccc[nH]2)n1. The monoisotopic (exact) mass is 459 g/mol. The van der Waals surface area contributed by atoms with Gasteiger partial charge in [0.15, 0.2) is 5.82 Å². The molecular weight excluding hydrogens is 426 g/mol. The van der Waals surface area contributed by atoms with Gasteiger partial charge in [-0.3, -0.25) is 4.57 Å². The van der Waals surface area contributed by atoms with Gasteiger partial charge < -0.3 is 4.98 Å². The number of aromatic amines is 1. The summed E-state index contributed by atoms with van der Waals surface area (Å²) in [4.78, 5) is 8.67.